The van der Waals surface area contributed by atoms with E-state index in [2.05, 4.69) is 99.8 Å². The Bertz CT molecular complexity index is 634. The van der Waals surface area contributed by atoms with Gasteiger partial charge in [-0.05, 0) is 22.2 Å². The number of rotatable bonds is 10. The number of hydrazine groups is 1. The Labute approximate surface area is 180 Å². The smallest absolute Gasteiger partial charge is 0.200 e. The maximum atomic E-state index is 6.90. The van der Waals surface area contributed by atoms with E-state index >= 15 is 0 Å². The first-order valence-corrected chi connectivity index (χ1v) is 13.2. The first-order valence-electron chi connectivity index (χ1n) is 11.0. The van der Waals surface area contributed by atoms with Crippen LogP contribution in [0.5, 0.6) is 0 Å². The van der Waals surface area contributed by atoms with Crippen LogP contribution in [0.4, 0.5) is 0 Å². The largest absolute Gasteiger partial charge is 0.414 e. The molecule has 1 aromatic carbocycles. The Morgan fingerprint density at radius 2 is 1.69 bits per heavy atom. The minimum Gasteiger partial charge on any atom is -0.414 e. The fraction of sp³-hybridized carbons (Fsp3) is 0.667. The van der Waals surface area contributed by atoms with Crippen LogP contribution in [-0.4, -0.2) is 62.7 Å². The lowest BCUT2D eigenvalue weighted by molar-refractivity contribution is 0.00188. The topological polar surface area (TPSA) is 19.0 Å². The SMILES string of the molecule is C#CCN1CN(N(C)Cc2ccccc2)C[C@H]1CO[Si](C(C)C)(C(C)C)C(C)C. The van der Waals surface area contributed by atoms with Gasteiger partial charge in [-0.25, -0.2) is 10.0 Å². The zero-order valence-corrected chi connectivity index (χ0v) is 20.6. The van der Waals surface area contributed by atoms with Gasteiger partial charge in [-0.2, -0.15) is 0 Å². The monoisotopic (exact) mass is 415 g/mol. The molecule has 4 nitrogen and oxygen atoms in total. The van der Waals surface area contributed by atoms with Gasteiger partial charge in [-0.1, -0.05) is 77.8 Å². The highest BCUT2D eigenvalue weighted by Crippen LogP contribution is 2.42. The molecule has 0 N–H and O–H groups in total. The molecule has 1 aliphatic rings. The van der Waals surface area contributed by atoms with Crippen LogP contribution < -0.4 is 0 Å². The molecule has 0 aromatic heterocycles. The van der Waals surface area contributed by atoms with Gasteiger partial charge >= 0.3 is 0 Å². The number of hydrogen-bond donors (Lipinski definition) is 0. The first kappa shape index (κ1) is 24.1. The summed E-state index contributed by atoms with van der Waals surface area (Å²) in [6, 6.07) is 11.0. The van der Waals surface area contributed by atoms with E-state index in [9.17, 15) is 0 Å². The Morgan fingerprint density at radius 1 is 1.10 bits per heavy atom. The first-order chi connectivity index (χ1) is 13.7. The minimum atomic E-state index is -1.87. The predicted molar refractivity (Wildman–Crippen MR) is 126 cm³/mol. The molecule has 29 heavy (non-hydrogen) atoms. The zero-order valence-electron chi connectivity index (χ0n) is 19.6. The third-order valence-electron chi connectivity index (χ3n) is 6.55. The molecule has 0 spiro atoms. The molecule has 1 aromatic rings. The summed E-state index contributed by atoms with van der Waals surface area (Å²) in [5.41, 5.74) is 3.12. The molecule has 0 amide bonds. The van der Waals surface area contributed by atoms with Gasteiger partial charge in [0.25, 0.3) is 0 Å². The van der Waals surface area contributed by atoms with Gasteiger partial charge in [-0.15, -0.1) is 6.42 Å². The van der Waals surface area contributed by atoms with Gasteiger partial charge in [0.1, 0.15) is 0 Å². The van der Waals surface area contributed by atoms with Gasteiger partial charge in [0, 0.05) is 26.2 Å². The van der Waals surface area contributed by atoms with Crippen molar-refractivity contribution in [3.63, 3.8) is 0 Å². The number of nitrogens with zero attached hydrogens (tertiary/aromatic N) is 3. The molecular weight excluding hydrogens is 374 g/mol. The van der Waals surface area contributed by atoms with Gasteiger partial charge in [-0.3, -0.25) is 4.90 Å². The minimum absolute atomic E-state index is 0.340. The van der Waals surface area contributed by atoms with E-state index in [0.717, 1.165) is 26.4 Å². The molecular formula is C24H41N3OSi. The van der Waals surface area contributed by atoms with Crippen molar-refractivity contribution in [3.8, 4) is 12.3 Å². The van der Waals surface area contributed by atoms with Crippen molar-refractivity contribution in [2.75, 3.05) is 33.4 Å². The molecule has 1 atom stereocenters. The summed E-state index contributed by atoms with van der Waals surface area (Å²) in [6.45, 7) is 18.3. The fourth-order valence-electron chi connectivity index (χ4n) is 5.13. The van der Waals surface area contributed by atoms with Gasteiger partial charge in [0.15, 0.2) is 8.32 Å². The second-order valence-corrected chi connectivity index (χ2v) is 14.8. The molecule has 1 saturated heterocycles. The van der Waals surface area contributed by atoms with Crippen LogP contribution in [0.1, 0.15) is 47.1 Å². The van der Waals surface area contributed by atoms with Crippen molar-refractivity contribution in [2.45, 2.75) is 70.8 Å². The lowest BCUT2D eigenvalue weighted by Crippen LogP contribution is -2.50. The standard InChI is InChI=1S/C24H41N3OSi/c1-9-15-26-19-27(25(8)16-23-13-11-10-12-14-23)17-24(26)18-28-29(20(2)3,21(4)5)22(6)7/h1,10-14,20-22,24H,15-19H2,2-8H3/t24-/m0/s1. The van der Waals surface area contributed by atoms with E-state index in [-0.39, 0.29) is 0 Å². The van der Waals surface area contributed by atoms with Crippen molar-refractivity contribution in [3.05, 3.63) is 35.9 Å². The summed E-state index contributed by atoms with van der Waals surface area (Å²) in [7, 11) is 0.298. The number of terminal acetylenes is 1. The summed E-state index contributed by atoms with van der Waals surface area (Å²) >= 11 is 0. The van der Waals surface area contributed by atoms with Crippen molar-refractivity contribution in [2.24, 2.45) is 0 Å². The number of hydrogen-bond acceptors (Lipinski definition) is 4. The Morgan fingerprint density at radius 3 is 2.21 bits per heavy atom. The normalized spacial score (nSPS) is 19.0. The van der Waals surface area contributed by atoms with Crippen LogP contribution in [0.25, 0.3) is 0 Å². The van der Waals surface area contributed by atoms with Gasteiger partial charge in [0.2, 0.25) is 0 Å². The quantitative estimate of drug-likeness (QED) is 0.403. The summed E-state index contributed by atoms with van der Waals surface area (Å²) in [5, 5.41) is 4.72. The van der Waals surface area contributed by atoms with Crippen LogP contribution in [0.3, 0.4) is 0 Å². The van der Waals surface area contributed by atoms with Crippen LogP contribution in [-0.2, 0) is 11.0 Å². The van der Waals surface area contributed by atoms with E-state index in [0.29, 0.717) is 29.2 Å². The second kappa shape index (κ2) is 10.7. The molecule has 0 radical (unpaired) electrons. The average molecular weight is 416 g/mol. The van der Waals surface area contributed by atoms with E-state index < -0.39 is 8.32 Å². The van der Waals surface area contributed by atoms with Crippen LogP contribution in [0, 0.1) is 12.3 Å². The molecule has 0 saturated carbocycles. The van der Waals surface area contributed by atoms with Crippen LogP contribution >= 0.6 is 0 Å². The molecule has 162 valence electrons. The summed E-state index contributed by atoms with van der Waals surface area (Å²) < 4.78 is 6.90. The highest BCUT2D eigenvalue weighted by molar-refractivity contribution is 6.77. The van der Waals surface area contributed by atoms with E-state index in [1.165, 1.54) is 5.56 Å². The van der Waals surface area contributed by atoms with Crippen molar-refractivity contribution < 1.29 is 4.43 Å². The van der Waals surface area contributed by atoms with Crippen molar-refractivity contribution in [1.29, 1.82) is 0 Å². The lowest BCUT2D eigenvalue weighted by atomic mass is 10.2. The van der Waals surface area contributed by atoms with Crippen LogP contribution in [0.15, 0.2) is 30.3 Å². The Hall–Kier alpha value is -1.16. The maximum Gasteiger partial charge on any atom is 0.200 e. The zero-order chi connectivity index (χ0) is 21.6. The lowest BCUT2D eigenvalue weighted by Gasteiger charge is -2.43. The summed E-state index contributed by atoms with van der Waals surface area (Å²) in [4.78, 5) is 2.39. The maximum absolute atomic E-state index is 6.90. The molecule has 5 heteroatoms. The van der Waals surface area contributed by atoms with E-state index in [4.69, 9.17) is 10.8 Å². The highest BCUT2D eigenvalue weighted by Gasteiger charge is 2.46. The molecule has 0 aliphatic carbocycles. The van der Waals surface area contributed by atoms with Crippen LogP contribution in [0.2, 0.25) is 16.6 Å². The molecule has 1 aliphatic heterocycles. The molecule has 1 fully saturated rings. The fourth-order valence-corrected chi connectivity index (χ4v) is 10.6. The third-order valence-corrected chi connectivity index (χ3v) is 12.6. The van der Waals surface area contributed by atoms with Gasteiger partial charge < -0.3 is 4.43 Å². The average Bonchev–Trinajstić information content (AvgIpc) is 3.05. The highest BCUT2D eigenvalue weighted by atomic mass is 28.4. The molecule has 0 bridgehead atoms. The van der Waals surface area contributed by atoms with Crippen molar-refractivity contribution in [1.82, 2.24) is 14.9 Å². The van der Waals surface area contributed by atoms with E-state index in [1.807, 2.05) is 0 Å². The summed E-state index contributed by atoms with van der Waals surface area (Å²) in [5.74, 6) is 2.85. The van der Waals surface area contributed by atoms with Gasteiger partial charge in [0.05, 0.1) is 19.8 Å². The molecule has 0 unspecified atom stereocenters. The summed E-state index contributed by atoms with van der Waals surface area (Å²) in [6.07, 6.45) is 5.69. The van der Waals surface area contributed by atoms with E-state index in [1.54, 1.807) is 0 Å². The number of benzene rings is 1. The molecule has 1 heterocycles. The third kappa shape index (κ3) is 5.71. The Balaban J connectivity index is 2.07. The van der Waals surface area contributed by atoms with Crippen molar-refractivity contribution >= 4 is 8.32 Å². The molecule has 2 rings (SSSR count). The predicted octanol–water partition coefficient (Wildman–Crippen LogP) is 4.80. The second-order valence-electron chi connectivity index (χ2n) is 9.37. The Kier molecular flexibility index (Phi) is 8.93.